The summed E-state index contributed by atoms with van der Waals surface area (Å²) in [7, 11) is 0. The van der Waals surface area contributed by atoms with E-state index in [9.17, 15) is 22.8 Å². The van der Waals surface area contributed by atoms with E-state index >= 15 is 0 Å². The maximum absolute atomic E-state index is 12.5. The van der Waals surface area contributed by atoms with Gasteiger partial charge in [0, 0.05) is 17.9 Å². The molecular formula is C13H11ClF3NO2. The molecule has 1 aliphatic heterocycles. The topological polar surface area (TPSA) is 37.4 Å². The molecule has 1 saturated heterocycles. The molecule has 0 radical (unpaired) electrons. The van der Waals surface area contributed by atoms with Crippen LogP contribution in [-0.4, -0.2) is 22.9 Å². The van der Waals surface area contributed by atoms with Gasteiger partial charge in [0.1, 0.15) is 0 Å². The number of nitrogens with zero attached hydrogens (tertiary/aromatic N) is 1. The molecule has 2 rings (SSSR count). The molecule has 7 heteroatoms. The second kappa shape index (κ2) is 5.44. The molecule has 1 aromatic carbocycles. The molecule has 1 heterocycles. The Morgan fingerprint density at radius 1 is 1.10 bits per heavy atom. The number of benzene rings is 1. The van der Waals surface area contributed by atoms with Gasteiger partial charge in [0.2, 0.25) is 11.8 Å². The average molecular weight is 306 g/mol. The molecule has 0 unspecified atom stereocenters. The van der Waals surface area contributed by atoms with Crippen LogP contribution in [0.4, 0.5) is 13.2 Å². The maximum atomic E-state index is 12.5. The number of carbonyl (C=O) groups is 2. The third-order valence-corrected chi connectivity index (χ3v) is 3.41. The lowest BCUT2D eigenvalue weighted by molar-refractivity contribution is -0.193. The molecule has 20 heavy (non-hydrogen) atoms. The van der Waals surface area contributed by atoms with Gasteiger partial charge in [0.15, 0.2) is 0 Å². The number of halogens is 4. The summed E-state index contributed by atoms with van der Waals surface area (Å²) >= 11 is 5.71. The van der Waals surface area contributed by atoms with Crippen molar-refractivity contribution in [2.75, 3.05) is 0 Å². The van der Waals surface area contributed by atoms with E-state index in [0.29, 0.717) is 10.6 Å². The number of hydrogen-bond acceptors (Lipinski definition) is 2. The maximum Gasteiger partial charge on any atom is 0.392 e. The summed E-state index contributed by atoms with van der Waals surface area (Å²) in [5.74, 6) is -3.46. The van der Waals surface area contributed by atoms with Crippen LogP contribution in [0.3, 0.4) is 0 Å². The number of alkyl halides is 3. The largest absolute Gasteiger partial charge is 0.392 e. The molecule has 0 atom stereocenters. The molecule has 108 valence electrons. The highest BCUT2D eigenvalue weighted by molar-refractivity contribution is 6.30. The number of rotatable bonds is 2. The SMILES string of the molecule is O=C1CC(C(F)(F)F)CC(=O)N1Cc1ccc(Cl)cc1. The predicted octanol–water partition coefficient (Wildman–Crippen LogP) is 3.17. The van der Waals surface area contributed by atoms with Crippen molar-refractivity contribution >= 4 is 23.4 Å². The van der Waals surface area contributed by atoms with E-state index in [4.69, 9.17) is 11.6 Å². The van der Waals surface area contributed by atoms with E-state index in [2.05, 4.69) is 0 Å². The Labute approximate surface area is 118 Å². The molecule has 3 nitrogen and oxygen atoms in total. The second-order valence-corrected chi connectivity index (χ2v) is 5.08. The Morgan fingerprint density at radius 3 is 2.05 bits per heavy atom. The highest BCUT2D eigenvalue weighted by Gasteiger charge is 2.47. The smallest absolute Gasteiger partial charge is 0.278 e. The Kier molecular flexibility index (Phi) is 4.04. The zero-order valence-corrected chi connectivity index (χ0v) is 11.0. The summed E-state index contributed by atoms with van der Waals surface area (Å²) in [4.78, 5) is 24.3. The highest BCUT2D eigenvalue weighted by atomic mass is 35.5. The van der Waals surface area contributed by atoms with Crippen LogP contribution in [0.15, 0.2) is 24.3 Å². The van der Waals surface area contributed by atoms with Crippen LogP contribution in [0, 0.1) is 5.92 Å². The molecule has 0 N–H and O–H groups in total. The number of likely N-dealkylation sites (tertiary alicyclic amines) is 1. The zero-order valence-electron chi connectivity index (χ0n) is 10.3. The van der Waals surface area contributed by atoms with Gasteiger partial charge in [0.25, 0.3) is 0 Å². The van der Waals surface area contributed by atoms with Gasteiger partial charge in [-0.25, -0.2) is 0 Å². The number of hydrogen-bond donors (Lipinski definition) is 0. The van der Waals surface area contributed by atoms with Crippen LogP contribution in [0.25, 0.3) is 0 Å². The lowest BCUT2D eigenvalue weighted by Crippen LogP contribution is -2.46. The van der Waals surface area contributed by atoms with E-state index in [1.165, 1.54) is 0 Å². The minimum Gasteiger partial charge on any atom is -0.278 e. The summed E-state index contributed by atoms with van der Waals surface area (Å²) in [6.07, 6.45) is -5.87. The van der Waals surface area contributed by atoms with Crippen molar-refractivity contribution in [1.29, 1.82) is 0 Å². The molecule has 0 aliphatic carbocycles. The van der Waals surface area contributed by atoms with Crippen LogP contribution in [0.5, 0.6) is 0 Å². The first-order valence-electron chi connectivity index (χ1n) is 5.91. The first kappa shape index (κ1) is 14.8. The van der Waals surface area contributed by atoms with Crippen molar-refractivity contribution in [3.8, 4) is 0 Å². The van der Waals surface area contributed by atoms with Crippen molar-refractivity contribution in [2.45, 2.75) is 25.6 Å². The second-order valence-electron chi connectivity index (χ2n) is 4.65. The molecular weight excluding hydrogens is 295 g/mol. The van der Waals surface area contributed by atoms with Gasteiger partial charge in [-0.15, -0.1) is 0 Å². The highest BCUT2D eigenvalue weighted by Crippen LogP contribution is 2.35. The van der Waals surface area contributed by atoms with E-state index in [1.54, 1.807) is 24.3 Å². The summed E-state index contributed by atoms with van der Waals surface area (Å²) < 4.78 is 37.6. The van der Waals surface area contributed by atoms with Gasteiger partial charge < -0.3 is 0 Å². The van der Waals surface area contributed by atoms with Crippen molar-refractivity contribution in [3.63, 3.8) is 0 Å². The summed E-state index contributed by atoms with van der Waals surface area (Å²) in [6, 6.07) is 6.43. The van der Waals surface area contributed by atoms with Crippen LogP contribution < -0.4 is 0 Å². The van der Waals surface area contributed by atoms with E-state index in [-0.39, 0.29) is 6.54 Å². The number of amides is 2. The lowest BCUT2D eigenvalue weighted by atomic mass is 9.94. The minimum absolute atomic E-state index is 0.0284. The Balaban J connectivity index is 2.09. The van der Waals surface area contributed by atoms with Crippen LogP contribution in [-0.2, 0) is 16.1 Å². The molecule has 1 aliphatic rings. The Bertz CT molecular complexity index is 509. The normalized spacial score (nSPS) is 17.7. The Hall–Kier alpha value is -1.56. The van der Waals surface area contributed by atoms with E-state index in [1.807, 2.05) is 0 Å². The fourth-order valence-electron chi connectivity index (χ4n) is 2.03. The first-order chi connectivity index (χ1) is 9.27. The van der Waals surface area contributed by atoms with E-state index in [0.717, 1.165) is 4.90 Å². The molecule has 2 amide bonds. The predicted molar refractivity (Wildman–Crippen MR) is 65.8 cm³/mol. The number of imide groups is 1. The molecule has 1 aromatic rings. The van der Waals surface area contributed by atoms with Gasteiger partial charge in [0.05, 0.1) is 12.5 Å². The van der Waals surface area contributed by atoms with Crippen molar-refractivity contribution in [3.05, 3.63) is 34.9 Å². The third-order valence-electron chi connectivity index (χ3n) is 3.16. The zero-order chi connectivity index (χ0) is 14.9. The summed E-state index contributed by atoms with van der Waals surface area (Å²) in [5, 5.41) is 0.502. The van der Waals surface area contributed by atoms with Gasteiger partial charge in [-0.05, 0) is 17.7 Å². The standard InChI is InChI=1S/C13H11ClF3NO2/c14-10-3-1-8(2-4-10)7-18-11(19)5-9(6-12(18)20)13(15,16)17/h1-4,9H,5-7H2. The van der Waals surface area contributed by atoms with Gasteiger partial charge in [-0.1, -0.05) is 23.7 Å². The number of piperidine rings is 1. The quantitative estimate of drug-likeness (QED) is 0.787. The Morgan fingerprint density at radius 2 is 1.60 bits per heavy atom. The van der Waals surface area contributed by atoms with Gasteiger partial charge in [-0.3, -0.25) is 14.5 Å². The molecule has 0 spiro atoms. The minimum atomic E-state index is -4.52. The molecule has 0 bridgehead atoms. The molecule has 0 aromatic heterocycles. The fraction of sp³-hybridized carbons (Fsp3) is 0.385. The number of carbonyl (C=O) groups excluding carboxylic acids is 2. The van der Waals surface area contributed by atoms with Gasteiger partial charge in [-0.2, -0.15) is 13.2 Å². The fourth-order valence-corrected chi connectivity index (χ4v) is 2.16. The van der Waals surface area contributed by atoms with Crippen LogP contribution in [0.1, 0.15) is 18.4 Å². The first-order valence-corrected chi connectivity index (χ1v) is 6.29. The summed E-state index contributed by atoms with van der Waals surface area (Å²) in [6.45, 7) is -0.0284. The van der Waals surface area contributed by atoms with Crippen molar-refractivity contribution in [1.82, 2.24) is 4.90 Å². The monoisotopic (exact) mass is 305 g/mol. The van der Waals surface area contributed by atoms with Gasteiger partial charge >= 0.3 is 6.18 Å². The van der Waals surface area contributed by atoms with Crippen molar-refractivity contribution < 1.29 is 22.8 Å². The molecule has 0 saturated carbocycles. The average Bonchev–Trinajstić information content (AvgIpc) is 2.34. The third kappa shape index (κ3) is 3.30. The van der Waals surface area contributed by atoms with Crippen molar-refractivity contribution in [2.24, 2.45) is 5.92 Å². The molecule has 1 fully saturated rings. The van der Waals surface area contributed by atoms with Crippen LogP contribution >= 0.6 is 11.6 Å². The summed E-state index contributed by atoms with van der Waals surface area (Å²) in [5.41, 5.74) is 0.640. The lowest BCUT2D eigenvalue weighted by Gasteiger charge is -2.31. The van der Waals surface area contributed by atoms with E-state index < -0.39 is 36.8 Å². The van der Waals surface area contributed by atoms with Crippen LogP contribution in [0.2, 0.25) is 5.02 Å².